The first kappa shape index (κ1) is 8.89. The van der Waals surface area contributed by atoms with Gasteiger partial charge in [-0.25, -0.2) is 0 Å². The fraction of sp³-hybridized carbons (Fsp3) is 1.00. The van der Waals surface area contributed by atoms with Crippen molar-refractivity contribution in [1.29, 1.82) is 0 Å². The van der Waals surface area contributed by atoms with Crippen LogP contribution in [0.15, 0.2) is 0 Å². The Bertz CT molecular complexity index is 144. The molecular weight excluding hydrogens is 166 g/mol. The molecule has 0 amide bonds. The van der Waals surface area contributed by atoms with E-state index < -0.39 is 0 Å². The van der Waals surface area contributed by atoms with Crippen LogP contribution in [0.4, 0.5) is 0 Å². The molecule has 2 atom stereocenters. The van der Waals surface area contributed by atoms with E-state index in [4.69, 9.17) is 0 Å². The summed E-state index contributed by atoms with van der Waals surface area (Å²) in [5.74, 6) is 2.26. The smallest absolute Gasteiger partial charge is 0.0671 e. The van der Waals surface area contributed by atoms with E-state index in [2.05, 4.69) is 24.0 Å². The summed E-state index contributed by atoms with van der Waals surface area (Å²) in [6.07, 6.45) is 7.08. The van der Waals surface area contributed by atoms with Gasteiger partial charge in [-0.15, -0.1) is 11.8 Å². The molecule has 1 saturated carbocycles. The highest BCUT2D eigenvalue weighted by Gasteiger charge is 2.39. The quantitative estimate of drug-likeness (QED) is 0.622. The molecule has 12 heavy (non-hydrogen) atoms. The van der Waals surface area contributed by atoms with E-state index in [1.54, 1.807) is 0 Å². The van der Waals surface area contributed by atoms with Gasteiger partial charge in [0.2, 0.25) is 0 Å². The SMILES string of the molecule is CC1CCCCC12NCCCS2. The second-order valence-electron chi connectivity index (χ2n) is 4.17. The van der Waals surface area contributed by atoms with Crippen molar-refractivity contribution in [3.63, 3.8) is 0 Å². The van der Waals surface area contributed by atoms with Crippen LogP contribution in [0.1, 0.15) is 39.0 Å². The van der Waals surface area contributed by atoms with Crippen LogP contribution in [0, 0.1) is 5.92 Å². The molecule has 2 fully saturated rings. The molecule has 1 aliphatic carbocycles. The normalized spacial score (nSPS) is 43.2. The Morgan fingerprint density at radius 3 is 2.92 bits per heavy atom. The standard InChI is InChI=1S/C10H19NS/c1-9-5-2-3-6-10(9)11-7-4-8-12-10/h9,11H,2-8H2,1H3. The molecule has 1 nitrogen and oxygen atoms in total. The molecule has 1 spiro atoms. The van der Waals surface area contributed by atoms with Gasteiger partial charge in [0, 0.05) is 0 Å². The van der Waals surface area contributed by atoms with Crippen LogP contribution in [-0.2, 0) is 0 Å². The van der Waals surface area contributed by atoms with E-state index in [9.17, 15) is 0 Å². The topological polar surface area (TPSA) is 12.0 Å². The van der Waals surface area contributed by atoms with Crippen LogP contribution in [0.25, 0.3) is 0 Å². The van der Waals surface area contributed by atoms with E-state index in [0.29, 0.717) is 4.87 Å². The number of nitrogens with one attached hydrogen (secondary N) is 1. The van der Waals surface area contributed by atoms with Gasteiger partial charge < -0.3 is 5.32 Å². The predicted octanol–water partition coefficient (Wildman–Crippen LogP) is 2.62. The third-order valence-electron chi connectivity index (χ3n) is 3.34. The third kappa shape index (κ3) is 1.51. The summed E-state index contributed by atoms with van der Waals surface area (Å²) in [6, 6.07) is 0. The Kier molecular flexibility index (Phi) is 2.66. The third-order valence-corrected chi connectivity index (χ3v) is 5.10. The van der Waals surface area contributed by atoms with E-state index in [0.717, 1.165) is 5.92 Å². The molecule has 2 aliphatic rings. The lowest BCUT2D eigenvalue weighted by atomic mass is 9.85. The van der Waals surface area contributed by atoms with Crippen molar-refractivity contribution in [2.75, 3.05) is 12.3 Å². The largest absolute Gasteiger partial charge is 0.303 e. The Hall–Kier alpha value is 0.310. The first-order valence-corrected chi connectivity index (χ1v) is 6.21. The minimum atomic E-state index is 0.483. The van der Waals surface area contributed by atoms with Gasteiger partial charge in [0.25, 0.3) is 0 Å². The fourth-order valence-corrected chi connectivity index (χ4v) is 4.02. The molecule has 70 valence electrons. The molecule has 2 heteroatoms. The van der Waals surface area contributed by atoms with Crippen LogP contribution in [-0.4, -0.2) is 17.2 Å². The maximum absolute atomic E-state index is 3.75. The van der Waals surface area contributed by atoms with Crippen molar-refractivity contribution in [1.82, 2.24) is 5.32 Å². The molecule has 1 N–H and O–H groups in total. The fourth-order valence-electron chi connectivity index (χ4n) is 2.47. The molecule has 0 bridgehead atoms. The summed E-state index contributed by atoms with van der Waals surface area (Å²) in [7, 11) is 0. The maximum atomic E-state index is 3.75. The van der Waals surface area contributed by atoms with Crippen LogP contribution in [0.3, 0.4) is 0 Å². The Morgan fingerprint density at radius 1 is 1.33 bits per heavy atom. The monoisotopic (exact) mass is 185 g/mol. The Labute approximate surface area is 79.7 Å². The summed E-state index contributed by atoms with van der Waals surface area (Å²) >= 11 is 2.18. The summed E-state index contributed by atoms with van der Waals surface area (Å²) in [5, 5.41) is 3.75. The lowest BCUT2D eigenvalue weighted by molar-refractivity contribution is 0.243. The van der Waals surface area contributed by atoms with E-state index in [-0.39, 0.29) is 0 Å². The summed E-state index contributed by atoms with van der Waals surface area (Å²) in [4.78, 5) is 0.483. The Balaban J connectivity index is 2.04. The van der Waals surface area contributed by atoms with Crippen molar-refractivity contribution in [2.24, 2.45) is 5.92 Å². The Morgan fingerprint density at radius 2 is 2.25 bits per heavy atom. The van der Waals surface area contributed by atoms with E-state index >= 15 is 0 Å². The highest BCUT2D eigenvalue weighted by molar-refractivity contribution is 8.00. The van der Waals surface area contributed by atoms with E-state index in [1.165, 1.54) is 44.4 Å². The van der Waals surface area contributed by atoms with Crippen LogP contribution < -0.4 is 5.32 Å². The molecule has 0 aromatic carbocycles. The number of hydrogen-bond donors (Lipinski definition) is 1. The van der Waals surface area contributed by atoms with E-state index in [1.807, 2.05) is 0 Å². The molecule has 2 unspecified atom stereocenters. The molecule has 0 aromatic rings. The molecule has 1 heterocycles. The molecule has 1 aliphatic heterocycles. The van der Waals surface area contributed by atoms with Gasteiger partial charge in [0.05, 0.1) is 4.87 Å². The zero-order valence-electron chi connectivity index (χ0n) is 7.94. The lowest BCUT2D eigenvalue weighted by Gasteiger charge is -2.45. The van der Waals surface area contributed by atoms with Crippen LogP contribution in [0.2, 0.25) is 0 Å². The second-order valence-corrected chi connectivity index (χ2v) is 5.59. The van der Waals surface area contributed by atoms with Gasteiger partial charge in [0.15, 0.2) is 0 Å². The van der Waals surface area contributed by atoms with Crippen molar-refractivity contribution in [2.45, 2.75) is 43.9 Å². The average molecular weight is 185 g/mol. The first-order valence-electron chi connectivity index (χ1n) is 5.22. The molecular formula is C10H19NS. The molecule has 0 aromatic heterocycles. The predicted molar refractivity (Wildman–Crippen MR) is 55.4 cm³/mol. The van der Waals surface area contributed by atoms with Gasteiger partial charge in [-0.05, 0) is 37.5 Å². The second kappa shape index (κ2) is 3.59. The number of hydrogen-bond acceptors (Lipinski definition) is 2. The molecule has 1 saturated heterocycles. The molecule has 0 radical (unpaired) electrons. The highest BCUT2D eigenvalue weighted by atomic mass is 32.2. The number of thioether (sulfide) groups is 1. The van der Waals surface area contributed by atoms with Gasteiger partial charge in [-0.1, -0.05) is 19.8 Å². The van der Waals surface area contributed by atoms with Gasteiger partial charge >= 0.3 is 0 Å². The minimum absolute atomic E-state index is 0.483. The summed E-state index contributed by atoms with van der Waals surface area (Å²) < 4.78 is 0. The zero-order chi connectivity index (χ0) is 8.44. The highest BCUT2D eigenvalue weighted by Crippen LogP contribution is 2.43. The maximum Gasteiger partial charge on any atom is 0.0671 e. The van der Waals surface area contributed by atoms with Crippen LogP contribution >= 0.6 is 11.8 Å². The van der Waals surface area contributed by atoms with Crippen molar-refractivity contribution >= 4 is 11.8 Å². The average Bonchev–Trinajstić information content (AvgIpc) is 2.12. The van der Waals surface area contributed by atoms with Crippen molar-refractivity contribution < 1.29 is 0 Å². The van der Waals surface area contributed by atoms with Crippen LogP contribution in [0.5, 0.6) is 0 Å². The molecule has 2 rings (SSSR count). The minimum Gasteiger partial charge on any atom is -0.303 e. The van der Waals surface area contributed by atoms with Crippen molar-refractivity contribution in [3.8, 4) is 0 Å². The number of rotatable bonds is 0. The summed E-state index contributed by atoms with van der Waals surface area (Å²) in [5.41, 5.74) is 0. The lowest BCUT2D eigenvalue weighted by Crippen LogP contribution is -2.52. The van der Waals surface area contributed by atoms with Gasteiger partial charge in [0.1, 0.15) is 0 Å². The van der Waals surface area contributed by atoms with Gasteiger partial charge in [-0.3, -0.25) is 0 Å². The van der Waals surface area contributed by atoms with Crippen molar-refractivity contribution in [3.05, 3.63) is 0 Å². The van der Waals surface area contributed by atoms with Gasteiger partial charge in [-0.2, -0.15) is 0 Å². The summed E-state index contributed by atoms with van der Waals surface area (Å²) in [6.45, 7) is 3.67. The zero-order valence-corrected chi connectivity index (χ0v) is 8.75. The first-order chi connectivity index (χ1) is 5.83.